The van der Waals surface area contributed by atoms with Gasteiger partial charge >= 0.3 is 0 Å². The van der Waals surface area contributed by atoms with Crippen LogP contribution in [0, 0.1) is 6.92 Å². The number of aryl methyl sites for hydroxylation is 1. The Bertz CT molecular complexity index is 704. The highest BCUT2D eigenvalue weighted by molar-refractivity contribution is 7.98. The summed E-state index contributed by atoms with van der Waals surface area (Å²) in [6.45, 7) is 3.36. The average Bonchev–Trinajstić information content (AvgIpc) is 2.33. The van der Waals surface area contributed by atoms with Crippen molar-refractivity contribution in [2.75, 3.05) is 6.26 Å². The van der Waals surface area contributed by atoms with Gasteiger partial charge in [0.2, 0.25) is 0 Å². The van der Waals surface area contributed by atoms with E-state index in [0.29, 0.717) is 21.6 Å². The van der Waals surface area contributed by atoms with Gasteiger partial charge in [-0.2, -0.15) is 0 Å². The maximum Gasteiger partial charge on any atom is 0.261 e. The number of aromatic nitrogens is 2. The Hall–Kier alpha value is -1.62. The fourth-order valence-corrected chi connectivity index (χ4v) is 2.49. The van der Waals surface area contributed by atoms with Crippen LogP contribution in [-0.4, -0.2) is 21.6 Å². The number of fused-ring (bicyclic) bond motifs is 1. The van der Waals surface area contributed by atoms with Crippen LogP contribution in [0.4, 0.5) is 0 Å². The molecule has 0 aliphatic heterocycles. The summed E-state index contributed by atoms with van der Waals surface area (Å²) in [6, 6.07) is 3.56. The Morgan fingerprint density at radius 3 is 2.61 bits per heavy atom. The number of rotatable bonds is 2. The number of nitrogens with zero attached hydrogens (tertiary/aromatic N) is 2. The molecule has 0 N–H and O–H groups in total. The first-order valence-electron chi connectivity index (χ1n) is 5.52. The Morgan fingerprint density at radius 1 is 1.39 bits per heavy atom. The van der Waals surface area contributed by atoms with Crippen molar-refractivity contribution in [1.82, 2.24) is 9.55 Å². The second-order valence-electron chi connectivity index (χ2n) is 4.23. The minimum absolute atomic E-state index is 0.0727. The van der Waals surface area contributed by atoms with E-state index in [-0.39, 0.29) is 11.3 Å². The smallest absolute Gasteiger partial charge is 0.261 e. The predicted molar refractivity (Wildman–Crippen MR) is 73.5 cm³/mol. The average molecular weight is 262 g/mol. The number of carbonyl (C=O) groups is 1. The zero-order chi connectivity index (χ0) is 13.4. The lowest BCUT2D eigenvalue weighted by atomic mass is 10.0. The molecule has 0 saturated carbocycles. The molecule has 5 heteroatoms. The van der Waals surface area contributed by atoms with E-state index in [1.165, 1.54) is 23.3 Å². The first-order chi connectivity index (χ1) is 8.45. The standard InChI is InChI=1S/C13H14N2O2S/c1-7-5-9(8(2)16)11-10(6-7)12(17)15(3)13(14-11)18-4/h5-6H,1-4H3. The molecule has 2 aromatic rings. The third-order valence-electron chi connectivity index (χ3n) is 2.85. The first kappa shape index (κ1) is 12.8. The number of carbonyl (C=O) groups excluding carboxylic acids is 1. The molecule has 0 bridgehead atoms. The molecular formula is C13H14N2O2S. The SMILES string of the molecule is CSc1nc2c(C(C)=O)cc(C)cc2c(=O)n1C. The molecule has 1 aromatic carbocycles. The highest BCUT2D eigenvalue weighted by atomic mass is 32.2. The minimum atomic E-state index is -0.115. The summed E-state index contributed by atoms with van der Waals surface area (Å²) >= 11 is 1.39. The predicted octanol–water partition coefficient (Wildman–Crippen LogP) is 2.17. The van der Waals surface area contributed by atoms with E-state index >= 15 is 0 Å². The second kappa shape index (κ2) is 4.57. The summed E-state index contributed by atoms with van der Waals surface area (Å²) in [7, 11) is 1.69. The van der Waals surface area contributed by atoms with Crippen LogP contribution in [0.15, 0.2) is 22.1 Å². The molecule has 0 unspecified atom stereocenters. The largest absolute Gasteiger partial charge is 0.294 e. The number of benzene rings is 1. The zero-order valence-corrected chi connectivity index (χ0v) is 11.6. The lowest BCUT2D eigenvalue weighted by Crippen LogP contribution is -2.21. The van der Waals surface area contributed by atoms with Gasteiger partial charge in [0, 0.05) is 12.6 Å². The van der Waals surface area contributed by atoms with Gasteiger partial charge in [0.05, 0.1) is 10.9 Å². The molecule has 0 aliphatic rings. The molecule has 1 heterocycles. The van der Waals surface area contributed by atoms with Crippen LogP contribution in [0.3, 0.4) is 0 Å². The lowest BCUT2D eigenvalue weighted by Gasteiger charge is -2.09. The summed E-state index contributed by atoms with van der Waals surface area (Å²) in [5.41, 5.74) is 1.79. The van der Waals surface area contributed by atoms with Crippen molar-refractivity contribution < 1.29 is 4.79 Å². The molecule has 2 rings (SSSR count). The van der Waals surface area contributed by atoms with Gasteiger partial charge in [-0.1, -0.05) is 11.8 Å². The molecule has 94 valence electrons. The third-order valence-corrected chi connectivity index (χ3v) is 3.58. The van der Waals surface area contributed by atoms with E-state index in [4.69, 9.17) is 0 Å². The molecule has 0 saturated heterocycles. The van der Waals surface area contributed by atoms with Gasteiger partial charge in [0.15, 0.2) is 10.9 Å². The van der Waals surface area contributed by atoms with E-state index in [1.54, 1.807) is 19.2 Å². The molecule has 0 atom stereocenters. The Labute approximate surface area is 109 Å². The van der Waals surface area contributed by atoms with E-state index < -0.39 is 0 Å². The number of ketones is 1. The molecule has 18 heavy (non-hydrogen) atoms. The molecular weight excluding hydrogens is 248 g/mol. The van der Waals surface area contributed by atoms with Crippen molar-refractivity contribution >= 4 is 28.4 Å². The second-order valence-corrected chi connectivity index (χ2v) is 5.00. The number of hydrogen-bond acceptors (Lipinski definition) is 4. The maximum absolute atomic E-state index is 12.2. The number of hydrogen-bond donors (Lipinski definition) is 0. The normalized spacial score (nSPS) is 10.9. The van der Waals surface area contributed by atoms with Crippen molar-refractivity contribution in [2.45, 2.75) is 19.0 Å². The van der Waals surface area contributed by atoms with E-state index in [0.717, 1.165) is 5.56 Å². The van der Waals surface area contributed by atoms with Crippen molar-refractivity contribution in [3.05, 3.63) is 33.6 Å². The zero-order valence-electron chi connectivity index (χ0n) is 10.8. The van der Waals surface area contributed by atoms with Crippen LogP contribution < -0.4 is 5.56 Å². The van der Waals surface area contributed by atoms with Crippen LogP contribution in [-0.2, 0) is 7.05 Å². The van der Waals surface area contributed by atoms with Crippen LogP contribution >= 0.6 is 11.8 Å². The minimum Gasteiger partial charge on any atom is -0.294 e. The van der Waals surface area contributed by atoms with Gasteiger partial charge in [-0.3, -0.25) is 14.2 Å². The molecule has 0 amide bonds. The topological polar surface area (TPSA) is 52.0 Å². The monoisotopic (exact) mass is 262 g/mol. The first-order valence-corrected chi connectivity index (χ1v) is 6.74. The fraction of sp³-hybridized carbons (Fsp3) is 0.308. The van der Waals surface area contributed by atoms with E-state index in [2.05, 4.69) is 4.98 Å². The van der Waals surface area contributed by atoms with Gasteiger partial charge in [-0.25, -0.2) is 4.98 Å². The van der Waals surface area contributed by atoms with Crippen LogP contribution in [0.25, 0.3) is 10.9 Å². The lowest BCUT2D eigenvalue weighted by molar-refractivity contribution is 0.101. The van der Waals surface area contributed by atoms with Crippen molar-refractivity contribution in [2.24, 2.45) is 7.05 Å². The van der Waals surface area contributed by atoms with Gasteiger partial charge < -0.3 is 0 Å². The third kappa shape index (κ3) is 1.95. The van der Waals surface area contributed by atoms with Crippen molar-refractivity contribution in [3.63, 3.8) is 0 Å². The molecule has 0 aliphatic carbocycles. The Balaban J connectivity index is 3.01. The highest BCUT2D eigenvalue weighted by Gasteiger charge is 2.14. The summed E-state index contributed by atoms with van der Waals surface area (Å²) in [4.78, 5) is 28.3. The summed E-state index contributed by atoms with van der Waals surface area (Å²) in [6.07, 6.45) is 1.86. The quantitative estimate of drug-likeness (QED) is 0.473. The number of Topliss-reactive ketones (excluding diaryl/α,β-unsaturated/α-hetero) is 1. The summed E-state index contributed by atoms with van der Waals surface area (Å²) in [5, 5.41) is 1.11. The Morgan fingerprint density at radius 2 is 2.06 bits per heavy atom. The summed E-state index contributed by atoms with van der Waals surface area (Å²) in [5.74, 6) is -0.0727. The van der Waals surface area contributed by atoms with Crippen molar-refractivity contribution in [3.8, 4) is 0 Å². The van der Waals surface area contributed by atoms with E-state index in [1.807, 2.05) is 13.2 Å². The molecule has 0 spiro atoms. The molecule has 4 nitrogen and oxygen atoms in total. The van der Waals surface area contributed by atoms with Gasteiger partial charge in [-0.15, -0.1) is 0 Å². The molecule has 1 aromatic heterocycles. The van der Waals surface area contributed by atoms with Gasteiger partial charge in [0.1, 0.15) is 0 Å². The van der Waals surface area contributed by atoms with E-state index in [9.17, 15) is 9.59 Å². The Kier molecular flexibility index (Phi) is 3.26. The van der Waals surface area contributed by atoms with Crippen molar-refractivity contribution in [1.29, 1.82) is 0 Å². The van der Waals surface area contributed by atoms with Crippen LogP contribution in [0.1, 0.15) is 22.8 Å². The molecule has 0 radical (unpaired) electrons. The maximum atomic E-state index is 12.2. The molecule has 0 fully saturated rings. The van der Waals surface area contributed by atoms with Gasteiger partial charge in [0.25, 0.3) is 5.56 Å². The number of thioether (sulfide) groups is 1. The fourth-order valence-electron chi connectivity index (χ4n) is 1.95. The summed E-state index contributed by atoms with van der Waals surface area (Å²) < 4.78 is 1.51. The van der Waals surface area contributed by atoms with Gasteiger partial charge in [-0.05, 0) is 37.8 Å². The highest BCUT2D eigenvalue weighted by Crippen LogP contribution is 2.20. The van der Waals surface area contributed by atoms with Crippen LogP contribution in [0.5, 0.6) is 0 Å². The van der Waals surface area contributed by atoms with Crippen LogP contribution in [0.2, 0.25) is 0 Å².